The van der Waals surface area contributed by atoms with E-state index in [2.05, 4.69) is 5.32 Å². The van der Waals surface area contributed by atoms with Crippen molar-refractivity contribution in [1.82, 2.24) is 10.2 Å². The number of carboxylic acids is 2. The molecule has 0 bridgehead atoms. The number of thioether (sulfide) groups is 2. The summed E-state index contributed by atoms with van der Waals surface area (Å²) in [5.74, 6) is -3.13. The maximum Gasteiger partial charge on any atom is 0.352 e. The summed E-state index contributed by atoms with van der Waals surface area (Å²) in [6.45, 7) is 0. The van der Waals surface area contributed by atoms with Crippen LogP contribution >= 0.6 is 34.9 Å². The van der Waals surface area contributed by atoms with Gasteiger partial charge in [-0.1, -0.05) is 6.07 Å². The van der Waals surface area contributed by atoms with E-state index >= 15 is 0 Å². The highest BCUT2D eigenvalue weighted by molar-refractivity contribution is 8.01. The van der Waals surface area contributed by atoms with Crippen LogP contribution in [0.1, 0.15) is 15.2 Å². The van der Waals surface area contributed by atoms with Gasteiger partial charge in [0.15, 0.2) is 0 Å². The zero-order valence-corrected chi connectivity index (χ0v) is 20.2. The first-order chi connectivity index (χ1) is 16.7. The summed E-state index contributed by atoms with van der Waals surface area (Å²) in [6, 6.07) is 6.47. The van der Waals surface area contributed by atoms with Gasteiger partial charge in [0, 0.05) is 27.3 Å². The fraction of sp³-hybridized carbons (Fsp3) is 0.238. The number of aromatic carboxylic acids is 1. The summed E-state index contributed by atoms with van der Waals surface area (Å²) in [5, 5.41) is 34.1. The average molecular weight is 536 g/mol. The maximum atomic E-state index is 12.8. The second-order valence-electron chi connectivity index (χ2n) is 7.50. The van der Waals surface area contributed by atoms with E-state index in [0.717, 1.165) is 22.7 Å². The van der Waals surface area contributed by atoms with Crippen LogP contribution in [0.3, 0.4) is 0 Å². The lowest BCUT2D eigenvalue weighted by Crippen LogP contribution is -2.70. The van der Waals surface area contributed by atoms with Crippen LogP contribution in [0.2, 0.25) is 0 Å². The normalized spacial score (nSPS) is 19.1. The van der Waals surface area contributed by atoms with Gasteiger partial charge in [0.25, 0.3) is 11.6 Å². The van der Waals surface area contributed by atoms with Crippen molar-refractivity contribution in [1.29, 1.82) is 0 Å². The molecule has 0 spiro atoms. The number of benzene rings is 1. The molecule has 1 saturated heterocycles. The molecule has 11 nitrogen and oxygen atoms in total. The Morgan fingerprint density at radius 1 is 1.23 bits per heavy atom. The summed E-state index contributed by atoms with van der Waals surface area (Å²) in [6.07, 6.45) is 0.135. The largest absolute Gasteiger partial charge is 0.477 e. The van der Waals surface area contributed by atoms with Crippen LogP contribution in [0.4, 0.5) is 5.69 Å². The molecule has 2 amide bonds. The zero-order chi connectivity index (χ0) is 25.3. The van der Waals surface area contributed by atoms with Crippen LogP contribution in [-0.2, 0) is 20.8 Å². The second-order valence-corrected chi connectivity index (χ2v) is 10.7. The van der Waals surface area contributed by atoms with Gasteiger partial charge >= 0.3 is 11.9 Å². The Kier molecular flexibility index (Phi) is 7.14. The monoisotopic (exact) mass is 535 g/mol. The van der Waals surface area contributed by atoms with Gasteiger partial charge < -0.3 is 15.5 Å². The molecule has 3 N–H and O–H groups in total. The summed E-state index contributed by atoms with van der Waals surface area (Å²) < 4.78 is 0. The van der Waals surface area contributed by atoms with E-state index in [1.807, 2.05) is 17.5 Å². The first-order valence-electron chi connectivity index (χ1n) is 10.0. The number of thiophene rings is 1. The van der Waals surface area contributed by atoms with E-state index in [0.29, 0.717) is 16.2 Å². The quantitative estimate of drug-likeness (QED) is 0.188. The van der Waals surface area contributed by atoms with Gasteiger partial charge in [-0.2, -0.15) is 0 Å². The van der Waals surface area contributed by atoms with Crippen LogP contribution < -0.4 is 5.32 Å². The van der Waals surface area contributed by atoms with Crippen LogP contribution in [0.15, 0.2) is 51.9 Å². The summed E-state index contributed by atoms with van der Waals surface area (Å²) in [5.41, 5.74) is -0.711. The first kappa shape index (κ1) is 24.8. The third kappa shape index (κ3) is 5.04. The number of hydrogen-bond acceptors (Lipinski definition) is 9. The van der Waals surface area contributed by atoms with Crippen molar-refractivity contribution >= 4 is 64.3 Å². The number of carboxylic acid groups (broad SMARTS) is 2. The molecule has 4 rings (SSSR count). The van der Waals surface area contributed by atoms with E-state index in [9.17, 15) is 39.5 Å². The van der Waals surface area contributed by atoms with E-state index in [1.165, 1.54) is 40.1 Å². The van der Waals surface area contributed by atoms with Crippen LogP contribution in [-0.4, -0.2) is 66.7 Å². The predicted molar refractivity (Wildman–Crippen MR) is 128 cm³/mol. The predicted octanol–water partition coefficient (Wildman–Crippen LogP) is 2.43. The second kappa shape index (κ2) is 10.1. The molecule has 0 radical (unpaired) electrons. The van der Waals surface area contributed by atoms with Crippen LogP contribution in [0.5, 0.6) is 0 Å². The molecule has 1 aromatic carbocycles. The molecule has 2 atom stereocenters. The Balaban J connectivity index is 1.47. The number of hydrogen-bond donors (Lipinski definition) is 3. The van der Waals surface area contributed by atoms with E-state index in [4.69, 9.17) is 0 Å². The van der Waals surface area contributed by atoms with Gasteiger partial charge in [-0.25, -0.2) is 9.59 Å². The Labute approximate surface area is 210 Å². The summed E-state index contributed by atoms with van der Waals surface area (Å²) in [7, 11) is 0. The number of carbonyl (C=O) groups is 4. The van der Waals surface area contributed by atoms with E-state index in [1.54, 1.807) is 0 Å². The fourth-order valence-corrected chi connectivity index (χ4v) is 6.82. The topological polar surface area (TPSA) is 167 Å². The number of β-lactam (4-membered cyclic amide) rings is 1. The molecule has 1 fully saturated rings. The standard InChI is InChI=1S/C21H17N3O8S3/c25-15(7-11-2-1-5-33-11)22-16-18(26)23-17(21(29)30)10(9-35-19(16)23)8-34-12-3-4-14(24(31)32)13(6-12)20(27)28/h1-6,16,19H,7-9H2,(H,22,25)(H,27,28)(H,29,30)/t16-,19-/m1/s1. The highest BCUT2D eigenvalue weighted by Gasteiger charge is 2.54. The summed E-state index contributed by atoms with van der Waals surface area (Å²) in [4.78, 5) is 61.1. The Morgan fingerprint density at radius 3 is 2.63 bits per heavy atom. The number of fused-ring (bicyclic) bond motifs is 1. The number of nitrogens with one attached hydrogen (secondary N) is 1. The smallest absolute Gasteiger partial charge is 0.352 e. The molecule has 0 saturated carbocycles. The molecule has 1 aromatic heterocycles. The molecule has 0 aliphatic carbocycles. The molecule has 14 heteroatoms. The Hall–Kier alpha value is -3.36. The lowest BCUT2D eigenvalue weighted by molar-refractivity contribution is -0.385. The summed E-state index contributed by atoms with van der Waals surface area (Å²) >= 11 is 3.87. The number of carbonyl (C=O) groups excluding carboxylic acids is 2. The highest BCUT2D eigenvalue weighted by atomic mass is 32.2. The molecule has 2 aliphatic heterocycles. The molecule has 0 unspecified atom stereocenters. The number of nitro groups is 1. The van der Waals surface area contributed by atoms with E-state index < -0.39 is 45.4 Å². The lowest BCUT2D eigenvalue weighted by atomic mass is 10.0. The molecule has 3 heterocycles. The minimum atomic E-state index is -1.45. The van der Waals surface area contributed by atoms with E-state index in [-0.39, 0.29) is 23.8 Å². The minimum absolute atomic E-state index is 0.135. The number of nitrogens with zero attached hydrogens (tertiary/aromatic N) is 2. The van der Waals surface area contributed by atoms with Gasteiger partial charge in [-0.3, -0.25) is 24.6 Å². The Morgan fingerprint density at radius 2 is 2.00 bits per heavy atom. The molecular formula is C21H17N3O8S3. The molecule has 2 aromatic rings. The Bertz CT molecular complexity index is 1260. The lowest BCUT2D eigenvalue weighted by Gasteiger charge is -2.49. The average Bonchev–Trinajstić information content (AvgIpc) is 3.32. The minimum Gasteiger partial charge on any atom is -0.477 e. The van der Waals surface area contributed by atoms with Crippen molar-refractivity contribution in [2.75, 3.05) is 11.5 Å². The van der Waals surface area contributed by atoms with Gasteiger partial charge in [-0.15, -0.1) is 34.9 Å². The van der Waals surface area contributed by atoms with Gasteiger partial charge in [0.05, 0.1) is 11.3 Å². The van der Waals surface area contributed by atoms with Crippen molar-refractivity contribution in [2.24, 2.45) is 0 Å². The third-order valence-electron chi connectivity index (χ3n) is 5.29. The van der Waals surface area contributed by atoms with Crippen molar-refractivity contribution < 1.29 is 34.3 Å². The van der Waals surface area contributed by atoms with Crippen molar-refractivity contribution in [3.8, 4) is 0 Å². The number of amides is 2. The molecule has 182 valence electrons. The first-order valence-corrected chi connectivity index (χ1v) is 12.9. The van der Waals surface area contributed by atoms with Crippen LogP contribution in [0, 0.1) is 10.1 Å². The third-order valence-corrected chi connectivity index (χ3v) is 8.59. The van der Waals surface area contributed by atoms with Gasteiger partial charge in [0.1, 0.15) is 22.7 Å². The number of aliphatic carboxylic acids is 1. The van der Waals surface area contributed by atoms with Crippen LogP contribution in [0.25, 0.3) is 0 Å². The fourth-order valence-electron chi connectivity index (χ4n) is 3.70. The SMILES string of the molecule is O=C(Cc1cccs1)N[C@@H]1C(=O)N2C(C(=O)O)=C(CSc3ccc([N+](=O)[O-])c(C(=O)O)c3)CS[C@H]12. The zero-order valence-electron chi connectivity index (χ0n) is 17.7. The van der Waals surface area contributed by atoms with Gasteiger partial charge in [0.2, 0.25) is 5.91 Å². The number of rotatable bonds is 9. The number of nitro benzene ring substituents is 1. The van der Waals surface area contributed by atoms with Crippen molar-refractivity contribution in [3.63, 3.8) is 0 Å². The van der Waals surface area contributed by atoms with Crippen molar-refractivity contribution in [2.45, 2.75) is 22.7 Å². The molecule has 2 aliphatic rings. The maximum absolute atomic E-state index is 12.8. The van der Waals surface area contributed by atoms with Crippen molar-refractivity contribution in [3.05, 3.63) is 67.5 Å². The molecule has 35 heavy (non-hydrogen) atoms. The highest BCUT2D eigenvalue weighted by Crippen LogP contribution is 2.42. The molecular weight excluding hydrogens is 518 g/mol. The van der Waals surface area contributed by atoms with Gasteiger partial charge in [-0.05, 0) is 29.2 Å².